The minimum Gasteiger partial charge on any atom is -0.475 e. The van der Waals surface area contributed by atoms with E-state index in [1.807, 2.05) is 21.9 Å². The Balaban J connectivity index is 0.000000360. The number of amides is 2. The molecule has 3 fully saturated rings. The molecule has 0 unspecified atom stereocenters. The fourth-order valence-corrected chi connectivity index (χ4v) is 4.59. The molecule has 3 saturated heterocycles. The van der Waals surface area contributed by atoms with Gasteiger partial charge in [-0.2, -0.15) is 13.2 Å². The molecular formula is C21H26F3N3O5. The largest absolute Gasteiger partial charge is 0.490 e. The molecule has 1 aromatic heterocycles. The number of hydrogen-bond acceptors (Lipinski definition) is 5. The number of pyridine rings is 1. The van der Waals surface area contributed by atoms with Gasteiger partial charge in [0, 0.05) is 45.0 Å². The standard InChI is InChI=1S/C19H25N3O3.C2HF3O2/c1-14-12-21(17(23)15-4-9-25-10-5-15)13-19(14)6-8-22(18(19)24)16-3-2-7-20-11-16;3-2(4,5)1(6)7/h2-3,7,11,14-15H,4-6,8-10,12-13H2,1H3;(H,6,7)/t14-,19-;/m1./s1. The van der Waals surface area contributed by atoms with Crippen LogP contribution < -0.4 is 4.90 Å². The lowest BCUT2D eigenvalue weighted by molar-refractivity contribution is -0.192. The maximum absolute atomic E-state index is 13.2. The number of anilines is 1. The third-order valence-corrected chi connectivity index (χ3v) is 6.45. The van der Waals surface area contributed by atoms with Crippen LogP contribution in [0.25, 0.3) is 0 Å². The highest BCUT2D eigenvalue weighted by Crippen LogP contribution is 2.46. The van der Waals surface area contributed by atoms with Crippen molar-refractivity contribution in [1.29, 1.82) is 0 Å². The lowest BCUT2D eigenvalue weighted by Crippen LogP contribution is -2.42. The van der Waals surface area contributed by atoms with Gasteiger partial charge in [0.1, 0.15) is 0 Å². The maximum Gasteiger partial charge on any atom is 0.490 e. The molecule has 3 aliphatic rings. The third kappa shape index (κ3) is 4.87. The second kappa shape index (κ2) is 9.43. The van der Waals surface area contributed by atoms with Gasteiger partial charge < -0.3 is 19.6 Å². The van der Waals surface area contributed by atoms with Crippen molar-refractivity contribution < 1.29 is 37.4 Å². The quantitative estimate of drug-likeness (QED) is 0.732. The monoisotopic (exact) mass is 457 g/mol. The molecule has 4 rings (SSSR count). The number of nitrogens with zero attached hydrogens (tertiary/aromatic N) is 3. The van der Waals surface area contributed by atoms with E-state index in [-0.39, 0.29) is 23.7 Å². The Kier molecular flexibility index (Phi) is 7.06. The van der Waals surface area contributed by atoms with E-state index in [9.17, 15) is 22.8 Å². The predicted molar refractivity (Wildman–Crippen MR) is 107 cm³/mol. The molecular weight excluding hydrogens is 431 g/mol. The Morgan fingerprint density at radius 2 is 1.94 bits per heavy atom. The van der Waals surface area contributed by atoms with Gasteiger partial charge in [0.2, 0.25) is 11.8 Å². The molecule has 11 heteroatoms. The number of ether oxygens (including phenoxy) is 1. The third-order valence-electron chi connectivity index (χ3n) is 6.45. The van der Waals surface area contributed by atoms with Gasteiger partial charge in [-0.1, -0.05) is 6.92 Å². The molecule has 0 saturated carbocycles. The van der Waals surface area contributed by atoms with Crippen molar-refractivity contribution in [2.45, 2.75) is 32.4 Å². The summed E-state index contributed by atoms with van der Waals surface area (Å²) >= 11 is 0. The Bertz CT molecular complexity index is 845. The summed E-state index contributed by atoms with van der Waals surface area (Å²) in [7, 11) is 0. The number of aliphatic carboxylic acids is 1. The SMILES string of the molecule is C[C@@H]1CN(C(=O)C2CCOCC2)C[C@]12CCN(c1cccnc1)C2=O.O=C(O)C(F)(F)F. The number of carboxylic acids is 1. The summed E-state index contributed by atoms with van der Waals surface area (Å²) in [5, 5.41) is 7.12. The number of likely N-dealkylation sites (tertiary alicyclic amines) is 1. The Labute approximate surface area is 183 Å². The van der Waals surface area contributed by atoms with Crippen LogP contribution in [0.1, 0.15) is 26.2 Å². The first-order valence-electron chi connectivity index (χ1n) is 10.4. The van der Waals surface area contributed by atoms with E-state index in [0.717, 1.165) is 24.9 Å². The van der Waals surface area contributed by atoms with E-state index < -0.39 is 17.6 Å². The van der Waals surface area contributed by atoms with Gasteiger partial charge in [-0.3, -0.25) is 14.6 Å². The zero-order valence-electron chi connectivity index (χ0n) is 17.7. The molecule has 2 amide bonds. The number of hydrogen-bond donors (Lipinski definition) is 1. The normalized spacial score (nSPS) is 26.2. The van der Waals surface area contributed by atoms with Gasteiger partial charge >= 0.3 is 12.1 Å². The van der Waals surface area contributed by atoms with E-state index in [4.69, 9.17) is 14.6 Å². The topological polar surface area (TPSA) is 100 Å². The molecule has 1 spiro atoms. The number of alkyl halides is 3. The van der Waals surface area contributed by atoms with E-state index in [2.05, 4.69) is 11.9 Å². The van der Waals surface area contributed by atoms with Crippen molar-refractivity contribution in [2.75, 3.05) is 37.7 Å². The summed E-state index contributed by atoms with van der Waals surface area (Å²) in [5.74, 6) is -2.16. The van der Waals surface area contributed by atoms with Crippen LogP contribution in [-0.2, 0) is 19.1 Å². The van der Waals surface area contributed by atoms with Crippen molar-refractivity contribution in [2.24, 2.45) is 17.3 Å². The number of rotatable bonds is 2. The molecule has 4 heterocycles. The van der Waals surface area contributed by atoms with Gasteiger partial charge in [0.15, 0.2) is 0 Å². The predicted octanol–water partition coefficient (Wildman–Crippen LogP) is 2.34. The summed E-state index contributed by atoms with van der Waals surface area (Å²) in [4.78, 5) is 42.9. The lowest BCUT2D eigenvalue weighted by Gasteiger charge is -2.28. The molecule has 0 radical (unpaired) electrons. The summed E-state index contributed by atoms with van der Waals surface area (Å²) in [6.45, 7) is 5.39. The molecule has 1 N–H and O–H groups in total. The molecule has 2 atom stereocenters. The van der Waals surface area contributed by atoms with Crippen LogP contribution in [0.15, 0.2) is 24.5 Å². The highest BCUT2D eigenvalue weighted by Gasteiger charge is 2.56. The van der Waals surface area contributed by atoms with Crippen molar-refractivity contribution in [1.82, 2.24) is 9.88 Å². The van der Waals surface area contributed by atoms with Crippen molar-refractivity contribution in [3.8, 4) is 0 Å². The van der Waals surface area contributed by atoms with Crippen LogP contribution in [0.3, 0.4) is 0 Å². The van der Waals surface area contributed by atoms with E-state index in [0.29, 0.717) is 32.8 Å². The second-order valence-corrected chi connectivity index (χ2v) is 8.38. The molecule has 3 aliphatic heterocycles. The smallest absolute Gasteiger partial charge is 0.475 e. The van der Waals surface area contributed by atoms with Crippen LogP contribution in [0.4, 0.5) is 18.9 Å². The number of aromatic nitrogens is 1. The van der Waals surface area contributed by atoms with Gasteiger partial charge in [-0.25, -0.2) is 4.79 Å². The minimum absolute atomic E-state index is 0.0574. The van der Waals surface area contributed by atoms with Gasteiger partial charge in [0.25, 0.3) is 0 Å². The molecule has 1 aromatic rings. The Morgan fingerprint density at radius 1 is 1.28 bits per heavy atom. The number of carbonyl (C=O) groups is 3. The zero-order valence-corrected chi connectivity index (χ0v) is 17.7. The van der Waals surface area contributed by atoms with E-state index in [1.54, 1.807) is 12.4 Å². The number of carboxylic acid groups (broad SMARTS) is 1. The molecule has 0 bridgehead atoms. The maximum atomic E-state index is 13.2. The molecule has 0 aromatic carbocycles. The van der Waals surface area contributed by atoms with Gasteiger partial charge in [0.05, 0.1) is 17.3 Å². The van der Waals surface area contributed by atoms with E-state index >= 15 is 0 Å². The van der Waals surface area contributed by atoms with Crippen LogP contribution in [0, 0.1) is 17.3 Å². The molecule has 8 nitrogen and oxygen atoms in total. The fourth-order valence-electron chi connectivity index (χ4n) is 4.59. The first-order chi connectivity index (χ1) is 15.1. The minimum atomic E-state index is -5.08. The fraction of sp³-hybridized carbons (Fsp3) is 0.619. The first kappa shape index (κ1) is 24.0. The Morgan fingerprint density at radius 3 is 2.50 bits per heavy atom. The average molecular weight is 457 g/mol. The van der Waals surface area contributed by atoms with Crippen LogP contribution >= 0.6 is 0 Å². The average Bonchev–Trinajstić information content (AvgIpc) is 3.29. The van der Waals surface area contributed by atoms with Crippen molar-refractivity contribution >= 4 is 23.5 Å². The number of carbonyl (C=O) groups excluding carboxylic acids is 2. The number of halogens is 3. The molecule has 176 valence electrons. The highest BCUT2D eigenvalue weighted by atomic mass is 19.4. The van der Waals surface area contributed by atoms with Crippen molar-refractivity contribution in [3.05, 3.63) is 24.5 Å². The summed E-state index contributed by atoms with van der Waals surface area (Å²) in [6.07, 6.45) is 0.770. The van der Waals surface area contributed by atoms with Crippen molar-refractivity contribution in [3.63, 3.8) is 0 Å². The lowest BCUT2D eigenvalue weighted by atomic mass is 9.78. The summed E-state index contributed by atoms with van der Waals surface area (Å²) in [5.41, 5.74) is 0.419. The zero-order chi connectivity index (χ0) is 23.5. The van der Waals surface area contributed by atoms with Crippen LogP contribution in [0.5, 0.6) is 0 Å². The second-order valence-electron chi connectivity index (χ2n) is 8.38. The van der Waals surface area contributed by atoms with Crippen LogP contribution in [0.2, 0.25) is 0 Å². The van der Waals surface area contributed by atoms with Gasteiger partial charge in [-0.05, 0) is 37.3 Å². The van der Waals surface area contributed by atoms with Crippen LogP contribution in [-0.4, -0.2) is 71.8 Å². The molecule has 32 heavy (non-hydrogen) atoms. The van der Waals surface area contributed by atoms with E-state index in [1.165, 1.54) is 0 Å². The van der Waals surface area contributed by atoms with Gasteiger partial charge in [-0.15, -0.1) is 0 Å². The molecule has 0 aliphatic carbocycles. The highest BCUT2D eigenvalue weighted by molar-refractivity contribution is 6.01. The summed E-state index contributed by atoms with van der Waals surface area (Å²) < 4.78 is 37.1. The first-order valence-corrected chi connectivity index (χ1v) is 10.4. The summed E-state index contributed by atoms with van der Waals surface area (Å²) in [6, 6.07) is 3.78. The Hall–Kier alpha value is -2.69.